The molecule has 0 aliphatic rings. The normalized spacial score (nSPS) is 12.4. The van der Waals surface area contributed by atoms with Crippen LogP contribution in [0.15, 0.2) is 36.0 Å². The Balaban J connectivity index is 2.13. The fourth-order valence-electron chi connectivity index (χ4n) is 1.53. The molecule has 0 aliphatic carbocycles. The van der Waals surface area contributed by atoms with E-state index in [4.69, 9.17) is 0 Å². The first-order valence-corrected chi connectivity index (χ1v) is 6.23. The molecule has 18 heavy (non-hydrogen) atoms. The molecule has 2 aromatic rings. The molecule has 2 rings (SSSR count). The molecule has 0 fully saturated rings. The lowest BCUT2D eigenvalue weighted by Crippen LogP contribution is -2.09. The Labute approximate surface area is 107 Å². The molecule has 1 atom stereocenters. The van der Waals surface area contributed by atoms with Crippen LogP contribution in [0.1, 0.15) is 17.8 Å². The smallest absolute Gasteiger partial charge is 0.387 e. The second-order valence-corrected chi connectivity index (χ2v) is 4.56. The first-order valence-electron chi connectivity index (χ1n) is 5.35. The molecule has 3 nitrogen and oxygen atoms in total. The quantitative estimate of drug-likeness (QED) is 0.894. The van der Waals surface area contributed by atoms with Crippen molar-refractivity contribution in [3.05, 3.63) is 40.8 Å². The lowest BCUT2D eigenvalue weighted by molar-refractivity contribution is -0.0493. The molecular formula is C12H12F2N2OS. The number of ether oxygens (including phenoxy) is 1. The minimum atomic E-state index is -2.83. The van der Waals surface area contributed by atoms with Gasteiger partial charge >= 0.3 is 6.61 Å². The topological polar surface area (TPSA) is 34.1 Å². The van der Waals surface area contributed by atoms with Crippen molar-refractivity contribution in [1.82, 2.24) is 4.98 Å². The van der Waals surface area contributed by atoms with Gasteiger partial charge in [0.05, 0.1) is 17.2 Å². The standard InChI is InChI=1S/C12H12F2N2OS/c1-8(11-6-15-7-18-11)16-9-4-2-3-5-10(9)17-12(13)14/h2-8,12,16H,1H3. The number of anilines is 1. The number of hydrogen-bond donors (Lipinski definition) is 1. The van der Waals surface area contributed by atoms with Crippen molar-refractivity contribution in [2.24, 2.45) is 0 Å². The molecule has 0 spiro atoms. The summed E-state index contributed by atoms with van der Waals surface area (Å²) in [5.41, 5.74) is 2.27. The first-order chi connectivity index (χ1) is 8.66. The van der Waals surface area contributed by atoms with Crippen LogP contribution in [0.5, 0.6) is 5.75 Å². The highest BCUT2D eigenvalue weighted by Gasteiger charge is 2.12. The van der Waals surface area contributed by atoms with Gasteiger partial charge in [0.2, 0.25) is 0 Å². The third-order valence-corrected chi connectivity index (χ3v) is 3.31. The molecule has 1 aromatic heterocycles. The molecule has 1 unspecified atom stereocenters. The molecule has 0 aliphatic heterocycles. The van der Waals surface area contributed by atoms with Crippen molar-refractivity contribution < 1.29 is 13.5 Å². The third-order valence-electron chi connectivity index (χ3n) is 2.35. The van der Waals surface area contributed by atoms with Gasteiger partial charge < -0.3 is 10.1 Å². The van der Waals surface area contributed by atoms with Gasteiger partial charge in [-0.2, -0.15) is 8.78 Å². The van der Waals surface area contributed by atoms with Crippen molar-refractivity contribution in [2.45, 2.75) is 19.6 Å². The van der Waals surface area contributed by atoms with Crippen molar-refractivity contribution in [3.63, 3.8) is 0 Å². The van der Waals surface area contributed by atoms with Gasteiger partial charge in [-0.1, -0.05) is 12.1 Å². The number of nitrogens with one attached hydrogen (secondary N) is 1. The molecule has 6 heteroatoms. The van der Waals surface area contributed by atoms with Crippen LogP contribution in [0.3, 0.4) is 0 Å². The Bertz CT molecular complexity index is 491. The minimum absolute atomic E-state index is 0.0140. The molecule has 96 valence electrons. The number of benzene rings is 1. The van der Waals surface area contributed by atoms with Crippen LogP contribution in [0.4, 0.5) is 14.5 Å². The van der Waals surface area contributed by atoms with Crippen molar-refractivity contribution in [2.75, 3.05) is 5.32 Å². The molecule has 0 amide bonds. The number of alkyl halides is 2. The van der Waals surface area contributed by atoms with E-state index in [2.05, 4.69) is 15.0 Å². The Morgan fingerprint density at radius 1 is 1.33 bits per heavy atom. The predicted molar refractivity (Wildman–Crippen MR) is 67.2 cm³/mol. The largest absolute Gasteiger partial charge is 0.433 e. The van der Waals surface area contributed by atoms with Crippen LogP contribution in [-0.4, -0.2) is 11.6 Å². The van der Waals surface area contributed by atoms with E-state index >= 15 is 0 Å². The summed E-state index contributed by atoms with van der Waals surface area (Å²) in [4.78, 5) is 5.01. The molecule has 0 saturated heterocycles. The molecule has 1 heterocycles. The van der Waals surface area contributed by atoms with Crippen molar-refractivity contribution in [1.29, 1.82) is 0 Å². The zero-order valence-electron chi connectivity index (χ0n) is 9.64. The summed E-state index contributed by atoms with van der Waals surface area (Å²) < 4.78 is 29.0. The van der Waals surface area contributed by atoms with E-state index in [0.717, 1.165) is 4.88 Å². The summed E-state index contributed by atoms with van der Waals surface area (Å²) >= 11 is 1.51. The average molecular weight is 270 g/mol. The fraction of sp³-hybridized carbons (Fsp3) is 0.250. The van der Waals surface area contributed by atoms with E-state index in [0.29, 0.717) is 5.69 Å². The number of halogens is 2. The Kier molecular flexibility index (Phi) is 4.09. The van der Waals surface area contributed by atoms with Crippen LogP contribution in [0.25, 0.3) is 0 Å². The van der Waals surface area contributed by atoms with Gasteiger partial charge in [0.25, 0.3) is 0 Å². The summed E-state index contributed by atoms with van der Waals surface area (Å²) in [6.45, 7) is -0.890. The molecular weight excluding hydrogens is 258 g/mol. The number of hydrogen-bond acceptors (Lipinski definition) is 4. The van der Waals surface area contributed by atoms with E-state index in [1.165, 1.54) is 17.4 Å². The molecule has 1 aromatic carbocycles. The van der Waals surface area contributed by atoms with Gasteiger partial charge in [-0.15, -0.1) is 11.3 Å². The predicted octanol–water partition coefficient (Wildman–Crippen LogP) is 3.92. The highest BCUT2D eigenvalue weighted by atomic mass is 32.1. The fourth-order valence-corrected chi connectivity index (χ4v) is 2.16. The Hall–Kier alpha value is -1.69. The van der Waals surface area contributed by atoms with Gasteiger partial charge in [-0.3, -0.25) is 4.98 Å². The highest BCUT2D eigenvalue weighted by Crippen LogP contribution is 2.29. The Morgan fingerprint density at radius 2 is 2.11 bits per heavy atom. The van der Waals surface area contributed by atoms with Gasteiger partial charge in [-0.25, -0.2) is 0 Å². The van der Waals surface area contributed by atoms with Crippen LogP contribution in [0, 0.1) is 0 Å². The van der Waals surface area contributed by atoms with Crippen molar-refractivity contribution in [3.8, 4) is 5.75 Å². The van der Waals surface area contributed by atoms with E-state index in [1.54, 1.807) is 29.9 Å². The molecule has 0 saturated carbocycles. The average Bonchev–Trinajstić information content (AvgIpc) is 2.84. The zero-order valence-corrected chi connectivity index (χ0v) is 10.5. The third kappa shape index (κ3) is 3.16. The lowest BCUT2D eigenvalue weighted by Gasteiger charge is -2.16. The number of rotatable bonds is 5. The highest BCUT2D eigenvalue weighted by molar-refractivity contribution is 7.09. The van der Waals surface area contributed by atoms with Crippen LogP contribution >= 0.6 is 11.3 Å². The maximum atomic E-state index is 12.3. The van der Waals surface area contributed by atoms with E-state index in [1.807, 2.05) is 6.92 Å². The number of thiazole rings is 1. The van der Waals surface area contributed by atoms with E-state index in [-0.39, 0.29) is 11.8 Å². The molecule has 0 radical (unpaired) electrons. The SMILES string of the molecule is CC(Nc1ccccc1OC(F)F)c1cncs1. The monoisotopic (exact) mass is 270 g/mol. The van der Waals surface area contributed by atoms with Gasteiger partial charge in [0, 0.05) is 11.1 Å². The van der Waals surface area contributed by atoms with Gasteiger partial charge in [-0.05, 0) is 19.1 Å². The molecule has 1 N–H and O–H groups in total. The summed E-state index contributed by atoms with van der Waals surface area (Å²) in [5, 5.41) is 3.13. The Morgan fingerprint density at radius 3 is 2.78 bits per heavy atom. The minimum Gasteiger partial charge on any atom is -0.433 e. The second-order valence-electron chi connectivity index (χ2n) is 3.64. The summed E-state index contributed by atoms with van der Waals surface area (Å²) in [7, 11) is 0. The number of nitrogens with zero attached hydrogens (tertiary/aromatic N) is 1. The lowest BCUT2D eigenvalue weighted by atomic mass is 10.2. The molecule has 0 bridgehead atoms. The van der Waals surface area contributed by atoms with E-state index in [9.17, 15) is 8.78 Å². The van der Waals surface area contributed by atoms with Gasteiger partial charge in [0.1, 0.15) is 5.75 Å². The zero-order chi connectivity index (χ0) is 13.0. The maximum absolute atomic E-state index is 12.3. The van der Waals surface area contributed by atoms with Crippen molar-refractivity contribution >= 4 is 17.0 Å². The summed E-state index contributed by atoms with van der Waals surface area (Å²) in [6, 6.07) is 6.61. The van der Waals surface area contributed by atoms with Gasteiger partial charge in [0.15, 0.2) is 0 Å². The second kappa shape index (κ2) is 5.77. The summed E-state index contributed by atoms with van der Waals surface area (Å²) in [6.07, 6.45) is 1.75. The van der Waals surface area contributed by atoms with E-state index < -0.39 is 6.61 Å². The maximum Gasteiger partial charge on any atom is 0.387 e. The number of para-hydroxylation sites is 2. The van der Waals surface area contributed by atoms with Crippen LogP contribution in [0.2, 0.25) is 0 Å². The summed E-state index contributed by atoms with van der Waals surface area (Å²) in [5.74, 6) is 0.142. The number of aromatic nitrogens is 1. The first kappa shape index (κ1) is 12.8. The van der Waals surface area contributed by atoms with Crippen LogP contribution in [-0.2, 0) is 0 Å². The van der Waals surface area contributed by atoms with Crippen LogP contribution < -0.4 is 10.1 Å².